The zero-order valence-electron chi connectivity index (χ0n) is 52.7. The number of ether oxygens (including phenoxy) is 3. The van der Waals surface area contributed by atoms with Crippen molar-refractivity contribution >= 4 is 17.9 Å². The van der Waals surface area contributed by atoms with Crippen LogP contribution in [0, 0.1) is 0 Å². The fourth-order valence-electron chi connectivity index (χ4n) is 10.6. The van der Waals surface area contributed by atoms with Gasteiger partial charge in [0.1, 0.15) is 13.2 Å². The Morgan fingerprint density at radius 3 is 0.731 bits per heavy atom. The van der Waals surface area contributed by atoms with Gasteiger partial charge in [-0.05, 0) is 77.0 Å². The lowest BCUT2D eigenvalue weighted by Crippen LogP contribution is -2.30. The summed E-state index contributed by atoms with van der Waals surface area (Å²) in [5.41, 5.74) is 0. The summed E-state index contributed by atoms with van der Waals surface area (Å²) in [6, 6.07) is 0. The van der Waals surface area contributed by atoms with Crippen molar-refractivity contribution in [1.29, 1.82) is 0 Å². The van der Waals surface area contributed by atoms with E-state index in [1.54, 1.807) is 0 Å². The summed E-state index contributed by atoms with van der Waals surface area (Å²) >= 11 is 0. The Labute approximate surface area is 486 Å². The topological polar surface area (TPSA) is 78.9 Å². The molecule has 0 rings (SSSR count). The average molecular weight is 1100 g/mol. The quantitative estimate of drug-likeness (QED) is 0.0261. The number of carbonyl (C=O) groups excluding carboxylic acids is 3. The van der Waals surface area contributed by atoms with Crippen molar-refractivity contribution in [2.75, 3.05) is 13.2 Å². The third kappa shape index (κ3) is 64.5. The highest BCUT2D eigenvalue weighted by atomic mass is 16.6. The first-order valence-electron chi connectivity index (χ1n) is 35.0. The van der Waals surface area contributed by atoms with Crippen LogP contribution >= 0.6 is 0 Å². The van der Waals surface area contributed by atoms with Crippen LogP contribution in [-0.2, 0) is 28.6 Å². The molecule has 1 atom stereocenters. The van der Waals surface area contributed by atoms with Gasteiger partial charge in [0.15, 0.2) is 6.10 Å². The van der Waals surface area contributed by atoms with Crippen LogP contribution in [0.2, 0.25) is 0 Å². The summed E-state index contributed by atoms with van der Waals surface area (Å²) in [5, 5.41) is 0. The predicted octanol–water partition coefficient (Wildman–Crippen LogP) is 23.9. The standard InChI is InChI=1S/C72H134O6/c1-4-7-10-13-16-19-22-25-28-31-33-34-35-36-37-38-39-42-44-47-50-53-56-59-62-65-71(74)77-68-69(67-76-70(73)64-61-58-55-52-49-46-43-40-30-27-24-21-18-15-12-9-6-3)78-72(75)66-63-60-57-54-51-48-45-41-32-29-26-23-20-17-14-11-8-5-2/h20,23,27,29-30,32,69H,4-19,21-22,24-26,28,31,33-68H2,1-3H3/b23-20-,30-27-,32-29-. The molecule has 0 aromatic carbocycles. The Hall–Kier alpha value is -2.37. The summed E-state index contributed by atoms with van der Waals surface area (Å²) in [4.78, 5) is 38.4. The normalized spacial score (nSPS) is 12.2. The SMILES string of the molecule is CCCCCC/C=C\C/C=C\CCCCCCCCCC(=O)OC(COC(=O)CCCCCCCCC/C=C\CCCCCCCC)COC(=O)CCCCCCCCCCCCCCCCCCCCCCCCCCC. The molecule has 0 N–H and O–H groups in total. The summed E-state index contributed by atoms with van der Waals surface area (Å²) in [6.07, 6.45) is 83.1. The van der Waals surface area contributed by atoms with Gasteiger partial charge >= 0.3 is 17.9 Å². The first-order valence-corrected chi connectivity index (χ1v) is 35.0. The molecule has 6 heteroatoms. The van der Waals surface area contributed by atoms with Crippen LogP contribution in [0.5, 0.6) is 0 Å². The first kappa shape index (κ1) is 75.6. The van der Waals surface area contributed by atoms with Gasteiger partial charge in [-0.25, -0.2) is 0 Å². The van der Waals surface area contributed by atoms with E-state index in [2.05, 4.69) is 57.2 Å². The number of esters is 3. The van der Waals surface area contributed by atoms with Crippen molar-refractivity contribution in [2.24, 2.45) is 0 Å². The Kier molecular flexibility index (Phi) is 65.1. The minimum absolute atomic E-state index is 0.0722. The van der Waals surface area contributed by atoms with Gasteiger partial charge in [0.05, 0.1) is 0 Å². The zero-order chi connectivity index (χ0) is 56.4. The van der Waals surface area contributed by atoms with Crippen molar-refractivity contribution in [3.63, 3.8) is 0 Å². The number of hydrogen-bond acceptors (Lipinski definition) is 6. The van der Waals surface area contributed by atoms with Crippen LogP contribution in [0.15, 0.2) is 36.5 Å². The second-order valence-corrected chi connectivity index (χ2v) is 23.8. The van der Waals surface area contributed by atoms with Crippen molar-refractivity contribution in [1.82, 2.24) is 0 Å². The lowest BCUT2D eigenvalue weighted by atomic mass is 10.0. The maximum absolute atomic E-state index is 12.9. The second kappa shape index (κ2) is 67.1. The van der Waals surface area contributed by atoms with Crippen molar-refractivity contribution in [2.45, 2.75) is 393 Å². The fourth-order valence-corrected chi connectivity index (χ4v) is 10.6. The Balaban J connectivity index is 4.28. The highest BCUT2D eigenvalue weighted by Gasteiger charge is 2.19. The fraction of sp³-hybridized carbons (Fsp3) is 0.875. The van der Waals surface area contributed by atoms with Crippen molar-refractivity contribution in [3.8, 4) is 0 Å². The number of hydrogen-bond donors (Lipinski definition) is 0. The number of unbranched alkanes of at least 4 members (excludes halogenated alkanes) is 48. The highest BCUT2D eigenvalue weighted by molar-refractivity contribution is 5.71. The smallest absolute Gasteiger partial charge is 0.306 e. The molecule has 0 amide bonds. The Morgan fingerprint density at radius 2 is 0.462 bits per heavy atom. The first-order chi connectivity index (χ1) is 38.5. The molecule has 78 heavy (non-hydrogen) atoms. The molecule has 0 aromatic heterocycles. The van der Waals surface area contributed by atoms with Gasteiger partial charge in [-0.2, -0.15) is 0 Å². The largest absolute Gasteiger partial charge is 0.462 e. The van der Waals surface area contributed by atoms with E-state index in [1.165, 1.54) is 276 Å². The Morgan fingerprint density at radius 1 is 0.256 bits per heavy atom. The lowest BCUT2D eigenvalue weighted by molar-refractivity contribution is -0.167. The van der Waals surface area contributed by atoms with Crippen LogP contribution in [0.3, 0.4) is 0 Å². The molecule has 0 aliphatic carbocycles. The maximum atomic E-state index is 12.9. The summed E-state index contributed by atoms with van der Waals surface area (Å²) in [7, 11) is 0. The molecule has 0 bridgehead atoms. The molecular formula is C72H134O6. The molecule has 0 heterocycles. The second-order valence-electron chi connectivity index (χ2n) is 23.8. The van der Waals surface area contributed by atoms with E-state index in [0.29, 0.717) is 19.3 Å². The molecular weight excluding hydrogens is 961 g/mol. The molecule has 0 fully saturated rings. The summed E-state index contributed by atoms with van der Waals surface area (Å²) < 4.78 is 17.0. The lowest BCUT2D eigenvalue weighted by Gasteiger charge is -2.18. The van der Waals surface area contributed by atoms with Gasteiger partial charge in [-0.1, -0.05) is 327 Å². The monoisotopic (exact) mass is 1100 g/mol. The van der Waals surface area contributed by atoms with Crippen molar-refractivity contribution < 1.29 is 28.6 Å². The molecule has 1 unspecified atom stereocenters. The van der Waals surface area contributed by atoms with E-state index in [0.717, 1.165) is 70.6 Å². The van der Waals surface area contributed by atoms with Crippen LogP contribution in [-0.4, -0.2) is 37.2 Å². The van der Waals surface area contributed by atoms with Crippen LogP contribution in [0.1, 0.15) is 387 Å². The molecule has 0 aromatic rings. The van der Waals surface area contributed by atoms with Crippen LogP contribution in [0.25, 0.3) is 0 Å². The van der Waals surface area contributed by atoms with Gasteiger partial charge in [0.2, 0.25) is 0 Å². The van der Waals surface area contributed by atoms with Gasteiger partial charge in [0.25, 0.3) is 0 Å². The minimum Gasteiger partial charge on any atom is -0.462 e. The maximum Gasteiger partial charge on any atom is 0.306 e. The van der Waals surface area contributed by atoms with Crippen molar-refractivity contribution in [3.05, 3.63) is 36.5 Å². The highest BCUT2D eigenvalue weighted by Crippen LogP contribution is 2.18. The molecule has 0 aliphatic rings. The van der Waals surface area contributed by atoms with Gasteiger partial charge < -0.3 is 14.2 Å². The Bertz CT molecular complexity index is 1300. The van der Waals surface area contributed by atoms with E-state index >= 15 is 0 Å². The van der Waals surface area contributed by atoms with Crippen LogP contribution in [0.4, 0.5) is 0 Å². The third-order valence-electron chi connectivity index (χ3n) is 15.9. The number of carbonyl (C=O) groups is 3. The molecule has 0 radical (unpaired) electrons. The molecule has 0 saturated carbocycles. The molecule has 458 valence electrons. The molecule has 0 aliphatic heterocycles. The van der Waals surface area contributed by atoms with Gasteiger partial charge in [-0.15, -0.1) is 0 Å². The van der Waals surface area contributed by atoms with E-state index in [4.69, 9.17) is 14.2 Å². The van der Waals surface area contributed by atoms with E-state index in [-0.39, 0.29) is 31.1 Å². The van der Waals surface area contributed by atoms with E-state index < -0.39 is 6.10 Å². The van der Waals surface area contributed by atoms with E-state index in [1.807, 2.05) is 0 Å². The predicted molar refractivity (Wildman–Crippen MR) is 339 cm³/mol. The van der Waals surface area contributed by atoms with Gasteiger partial charge in [0, 0.05) is 19.3 Å². The number of allylic oxidation sites excluding steroid dienone is 6. The molecule has 0 spiro atoms. The van der Waals surface area contributed by atoms with Crippen LogP contribution < -0.4 is 0 Å². The summed E-state index contributed by atoms with van der Waals surface area (Å²) in [5.74, 6) is -0.857. The summed E-state index contributed by atoms with van der Waals surface area (Å²) in [6.45, 7) is 6.68. The zero-order valence-corrected chi connectivity index (χ0v) is 52.7. The van der Waals surface area contributed by atoms with Gasteiger partial charge in [-0.3, -0.25) is 14.4 Å². The number of rotatable bonds is 65. The molecule has 6 nitrogen and oxygen atoms in total. The molecule has 0 saturated heterocycles. The average Bonchev–Trinajstić information content (AvgIpc) is 3.44. The van der Waals surface area contributed by atoms with E-state index in [9.17, 15) is 14.4 Å². The third-order valence-corrected chi connectivity index (χ3v) is 15.9. The minimum atomic E-state index is -0.777.